The Morgan fingerprint density at radius 1 is 1.09 bits per heavy atom. The number of rotatable bonds is 8. The lowest BCUT2D eigenvalue weighted by atomic mass is 9.93. The van der Waals surface area contributed by atoms with Gasteiger partial charge in [-0.2, -0.15) is 0 Å². The molecular weight excluding hydrogens is 411 g/mol. The van der Waals surface area contributed by atoms with E-state index in [-0.39, 0.29) is 6.61 Å². The number of halogens is 1. The molecule has 2 aliphatic rings. The quantitative estimate of drug-likeness (QED) is 0.661. The second-order valence-electron chi connectivity index (χ2n) is 8.65. The summed E-state index contributed by atoms with van der Waals surface area (Å²) in [7, 11) is 3.14. The van der Waals surface area contributed by atoms with E-state index in [2.05, 4.69) is 17.4 Å². The van der Waals surface area contributed by atoms with Crippen LogP contribution in [0, 0.1) is 0 Å². The first-order valence-corrected chi connectivity index (χ1v) is 11.1. The van der Waals surface area contributed by atoms with Gasteiger partial charge < -0.3 is 24.4 Å². The van der Waals surface area contributed by atoms with Crippen LogP contribution in [0.2, 0.25) is 0 Å². The van der Waals surface area contributed by atoms with Gasteiger partial charge in [-0.25, -0.2) is 9.18 Å². The van der Waals surface area contributed by atoms with Crippen LogP contribution in [0.25, 0.3) is 0 Å². The van der Waals surface area contributed by atoms with Gasteiger partial charge in [0.2, 0.25) is 0 Å². The third kappa shape index (κ3) is 5.51. The molecule has 1 aliphatic carbocycles. The fraction of sp³-hybridized carbons (Fsp3) is 0.480. The molecule has 7 heteroatoms. The van der Waals surface area contributed by atoms with Gasteiger partial charge in [-0.15, -0.1) is 0 Å². The number of ether oxygens (including phenoxy) is 3. The Hall–Kier alpha value is -2.80. The summed E-state index contributed by atoms with van der Waals surface area (Å²) >= 11 is 0. The van der Waals surface area contributed by atoms with Crippen molar-refractivity contribution in [2.45, 2.75) is 43.5 Å². The Bertz CT molecular complexity index is 893. The highest BCUT2D eigenvalue weighted by molar-refractivity contribution is 5.67. The van der Waals surface area contributed by atoms with Gasteiger partial charge in [-0.3, -0.25) is 0 Å². The molecule has 32 heavy (non-hydrogen) atoms. The largest absolute Gasteiger partial charge is 0.497 e. The smallest absolute Gasteiger partial charge is 0.410 e. The van der Waals surface area contributed by atoms with E-state index in [1.54, 1.807) is 37.3 Å². The molecular formula is C25H31FN2O4. The molecule has 1 N–H and O–H groups in total. The molecule has 6 nitrogen and oxygen atoms in total. The average Bonchev–Trinajstić information content (AvgIpc) is 3.62. The van der Waals surface area contributed by atoms with E-state index in [1.165, 1.54) is 5.56 Å². The summed E-state index contributed by atoms with van der Waals surface area (Å²) in [4.78, 5) is 14.1. The minimum atomic E-state index is -1.29. The number of methoxy groups -OCH3 is 2. The zero-order valence-electron chi connectivity index (χ0n) is 18.7. The number of carbonyl (C=O) groups excluding carboxylic acids is 1. The monoisotopic (exact) mass is 442 g/mol. The summed E-state index contributed by atoms with van der Waals surface area (Å²) < 4.78 is 31.2. The molecule has 172 valence electrons. The van der Waals surface area contributed by atoms with Gasteiger partial charge in [0.1, 0.15) is 23.8 Å². The zero-order chi connectivity index (χ0) is 22.6. The van der Waals surface area contributed by atoms with Crippen LogP contribution in [0.3, 0.4) is 0 Å². The average molecular weight is 443 g/mol. The van der Waals surface area contributed by atoms with E-state index in [0.717, 1.165) is 12.0 Å². The molecule has 0 bridgehead atoms. The van der Waals surface area contributed by atoms with Gasteiger partial charge in [0.05, 0.1) is 14.2 Å². The van der Waals surface area contributed by atoms with Crippen LogP contribution < -0.4 is 14.8 Å². The molecule has 4 rings (SSSR count). The highest BCUT2D eigenvalue weighted by Gasteiger charge is 2.42. The number of hydrogen-bond acceptors (Lipinski definition) is 5. The summed E-state index contributed by atoms with van der Waals surface area (Å²) in [5.41, 5.74) is 0.790. The maximum absolute atomic E-state index is 15.3. The predicted molar refractivity (Wildman–Crippen MR) is 120 cm³/mol. The number of nitrogens with one attached hydrogen (secondary N) is 1. The molecule has 0 radical (unpaired) electrons. The number of hydrogen-bond donors (Lipinski definition) is 1. The van der Waals surface area contributed by atoms with E-state index in [4.69, 9.17) is 14.2 Å². The van der Waals surface area contributed by atoms with Crippen molar-refractivity contribution in [3.8, 4) is 11.5 Å². The zero-order valence-corrected chi connectivity index (χ0v) is 18.7. The van der Waals surface area contributed by atoms with Gasteiger partial charge >= 0.3 is 6.09 Å². The Morgan fingerprint density at radius 3 is 2.38 bits per heavy atom. The molecule has 1 saturated heterocycles. The fourth-order valence-electron chi connectivity index (χ4n) is 4.26. The van der Waals surface area contributed by atoms with Crippen LogP contribution in [0.4, 0.5) is 9.18 Å². The van der Waals surface area contributed by atoms with Crippen LogP contribution in [-0.2, 0) is 11.3 Å². The molecule has 0 spiro atoms. The standard InChI is InChI=1S/C25H31FN2O4/c1-30-20-12-18(13-21(14-20)31-2)16-32-24(29)28-10-8-25(26,9-11-28)17-27-23-15-22(23)19-6-4-3-5-7-19/h3-7,12-14,22-23,27H,8-11,15-17H2,1-2H3/t22-,23+/m0/s1. The highest BCUT2D eigenvalue weighted by atomic mass is 19.1. The van der Waals surface area contributed by atoms with E-state index in [1.807, 2.05) is 18.2 Å². The maximum atomic E-state index is 15.3. The summed E-state index contributed by atoms with van der Waals surface area (Å²) in [5, 5.41) is 3.39. The van der Waals surface area contributed by atoms with Crippen molar-refractivity contribution in [2.24, 2.45) is 0 Å². The van der Waals surface area contributed by atoms with Crippen LogP contribution in [0.15, 0.2) is 48.5 Å². The molecule has 2 aromatic rings. The summed E-state index contributed by atoms with van der Waals surface area (Å²) in [6.07, 6.45) is 1.25. The minimum Gasteiger partial charge on any atom is -0.497 e. The number of nitrogens with zero attached hydrogens (tertiary/aromatic N) is 1. The normalized spacial score (nSPS) is 21.7. The predicted octanol–water partition coefficient (Wildman–Crippen LogP) is 4.29. The fourth-order valence-corrected chi connectivity index (χ4v) is 4.26. The van der Waals surface area contributed by atoms with Crippen molar-refractivity contribution in [1.82, 2.24) is 10.2 Å². The van der Waals surface area contributed by atoms with E-state index in [0.29, 0.717) is 55.9 Å². The van der Waals surface area contributed by atoms with Gasteiger partial charge in [0, 0.05) is 50.5 Å². The first-order chi connectivity index (χ1) is 15.5. The molecule has 1 saturated carbocycles. The first-order valence-electron chi connectivity index (χ1n) is 11.1. The highest BCUT2D eigenvalue weighted by Crippen LogP contribution is 2.41. The number of benzene rings is 2. The van der Waals surface area contributed by atoms with Crippen molar-refractivity contribution >= 4 is 6.09 Å². The van der Waals surface area contributed by atoms with Crippen LogP contribution in [0.5, 0.6) is 11.5 Å². The number of likely N-dealkylation sites (tertiary alicyclic amines) is 1. The number of carbonyl (C=O) groups is 1. The lowest BCUT2D eigenvalue weighted by molar-refractivity contribution is 0.0407. The second kappa shape index (κ2) is 9.77. The Kier molecular flexibility index (Phi) is 6.84. The molecule has 2 atom stereocenters. The Labute approximate surface area is 188 Å². The SMILES string of the molecule is COc1cc(COC(=O)N2CCC(F)(CN[C@@H]3C[C@H]3c3ccccc3)CC2)cc(OC)c1. The molecule has 0 aromatic heterocycles. The van der Waals surface area contributed by atoms with Gasteiger partial charge in [-0.05, 0) is 29.7 Å². The van der Waals surface area contributed by atoms with E-state index >= 15 is 4.39 Å². The lowest BCUT2D eigenvalue weighted by Gasteiger charge is -2.36. The van der Waals surface area contributed by atoms with Gasteiger partial charge in [0.25, 0.3) is 0 Å². The first kappa shape index (κ1) is 22.4. The Balaban J connectivity index is 1.21. The van der Waals surface area contributed by atoms with Crippen molar-refractivity contribution in [2.75, 3.05) is 33.9 Å². The van der Waals surface area contributed by atoms with Crippen LogP contribution in [0.1, 0.15) is 36.3 Å². The summed E-state index contributed by atoms with van der Waals surface area (Å²) in [5.74, 6) is 1.74. The number of alkyl halides is 1. The van der Waals surface area contributed by atoms with Crippen LogP contribution in [-0.4, -0.2) is 56.6 Å². The van der Waals surface area contributed by atoms with Gasteiger partial charge in [0.15, 0.2) is 0 Å². The molecule has 2 aromatic carbocycles. The third-order valence-corrected chi connectivity index (χ3v) is 6.39. The molecule has 0 unspecified atom stereocenters. The number of piperidine rings is 1. The van der Waals surface area contributed by atoms with Crippen molar-refractivity contribution in [3.05, 3.63) is 59.7 Å². The van der Waals surface area contributed by atoms with Crippen molar-refractivity contribution in [1.29, 1.82) is 0 Å². The third-order valence-electron chi connectivity index (χ3n) is 6.39. The molecule has 1 amide bonds. The molecule has 1 aliphatic heterocycles. The van der Waals surface area contributed by atoms with Crippen molar-refractivity contribution in [3.63, 3.8) is 0 Å². The molecule has 2 fully saturated rings. The topological polar surface area (TPSA) is 60.0 Å². The molecule has 1 heterocycles. The second-order valence-corrected chi connectivity index (χ2v) is 8.65. The van der Waals surface area contributed by atoms with E-state index < -0.39 is 11.8 Å². The summed E-state index contributed by atoms with van der Waals surface area (Å²) in [6, 6.07) is 16.0. The van der Waals surface area contributed by atoms with Crippen molar-refractivity contribution < 1.29 is 23.4 Å². The Morgan fingerprint density at radius 2 is 1.75 bits per heavy atom. The van der Waals surface area contributed by atoms with Crippen LogP contribution >= 0.6 is 0 Å². The van der Waals surface area contributed by atoms with Gasteiger partial charge in [-0.1, -0.05) is 30.3 Å². The maximum Gasteiger partial charge on any atom is 0.410 e. The number of amides is 1. The lowest BCUT2D eigenvalue weighted by Crippen LogP contribution is -2.49. The van der Waals surface area contributed by atoms with E-state index in [9.17, 15) is 4.79 Å². The minimum absolute atomic E-state index is 0.105. The summed E-state index contributed by atoms with van der Waals surface area (Å²) in [6.45, 7) is 1.14.